The first-order chi connectivity index (χ1) is 9.09. The highest BCUT2D eigenvalue weighted by atomic mass is 32.2. The van der Waals surface area contributed by atoms with Gasteiger partial charge in [0, 0.05) is 12.1 Å². The normalized spacial score (nSPS) is 13.0. The number of nitrogens with two attached hydrogens (primary N) is 1. The topological polar surface area (TPSA) is 90.0 Å². The summed E-state index contributed by atoms with van der Waals surface area (Å²) in [6.07, 6.45) is 1.09. The molecule has 8 heteroatoms. The number of fused-ring (bicyclic) bond motifs is 1. The molecule has 0 aliphatic heterocycles. The van der Waals surface area contributed by atoms with Crippen LogP contribution in [0.25, 0.3) is 11.0 Å². The molecule has 0 fully saturated rings. The van der Waals surface area contributed by atoms with Crippen molar-refractivity contribution < 1.29 is 12.8 Å². The Kier molecular flexibility index (Phi) is 3.47. The highest BCUT2D eigenvalue weighted by Crippen LogP contribution is 2.22. The summed E-state index contributed by atoms with van der Waals surface area (Å²) in [4.78, 5) is 3.98. The number of hydrogen-bond donors (Lipinski definition) is 2. The average molecular weight is 300 g/mol. The Morgan fingerprint density at radius 1 is 1.45 bits per heavy atom. The van der Waals surface area contributed by atoms with Crippen LogP contribution in [0.15, 0.2) is 18.2 Å². The third-order valence-electron chi connectivity index (χ3n) is 2.77. The lowest BCUT2D eigenvalue weighted by atomic mass is 10.1. The van der Waals surface area contributed by atoms with Crippen molar-refractivity contribution in [2.24, 2.45) is 0 Å². The predicted octanol–water partition coefficient (Wildman–Crippen LogP) is 1.09. The minimum atomic E-state index is -3.36. The molecule has 1 aromatic heterocycles. The van der Waals surface area contributed by atoms with Crippen LogP contribution < -0.4 is 10.5 Å². The van der Waals surface area contributed by atoms with Gasteiger partial charge in [-0.3, -0.25) is 0 Å². The van der Waals surface area contributed by atoms with Crippen molar-refractivity contribution in [2.75, 3.05) is 12.0 Å². The van der Waals surface area contributed by atoms with Gasteiger partial charge in [0.15, 0.2) is 5.82 Å². The predicted molar refractivity (Wildman–Crippen MR) is 76.2 cm³/mol. The van der Waals surface area contributed by atoms with Crippen molar-refractivity contribution in [1.29, 1.82) is 0 Å². The molecule has 2 aromatic rings. The van der Waals surface area contributed by atoms with Crippen LogP contribution in [-0.4, -0.2) is 29.8 Å². The molecule has 0 unspecified atom stereocenters. The van der Waals surface area contributed by atoms with Crippen molar-refractivity contribution in [3.05, 3.63) is 24.0 Å². The van der Waals surface area contributed by atoms with E-state index in [0.717, 1.165) is 6.26 Å². The van der Waals surface area contributed by atoms with Crippen LogP contribution in [0.2, 0.25) is 0 Å². The quantitative estimate of drug-likeness (QED) is 0.884. The average Bonchev–Trinajstić information content (AvgIpc) is 2.54. The molecule has 0 amide bonds. The van der Waals surface area contributed by atoms with Crippen molar-refractivity contribution in [3.63, 3.8) is 0 Å². The van der Waals surface area contributed by atoms with E-state index in [4.69, 9.17) is 5.73 Å². The molecule has 0 bridgehead atoms. The van der Waals surface area contributed by atoms with E-state index in [0.29, 0.717) is 5.52 Å². The van der Waals surface area contributed by atoms with E-state index in [-0.39, 0.29) is 18.0 Å². The van der Waals surface area contributed by atoms with Gasteiger partial charge in [-0.15, -0.1) is 0 Å². The van der Waals surface area contributed by atoms with Crippen LogP contribution in [0, 0.1) is 5.82 Å². The third-order valence-corrected chi connectivity index (χ3v) is 3.70. The molecule has 20 heavy (non-hydrogen) atoms. The number of benzene rings is 1. The van der Waals surface area contributed by atoms with Gasteiger partial charge in [-0.25, -0.2) is 22.5 Å². The number of nitrogens with zero attached hydrogens (tertiary/aromatic N) is 2. The molecule has 1 aromatic carbocycles. The first-order valence-corrected chi connectivity index (χ1v) is 7.87. The minimum Gasteiger partial charge on any atom is -0.369 e. The minimum absolute atomic E-state index is 0.147. The van der Waals surface area contributed by atoms with Gasteiger partial charge in [-0.05, 0) is 26.0 Å². The van der Waals surface area contributed by atoms with E-state index in [2.05, 4.69) is 9.71 Å². The van der Waals surface area contributed by atoms with Gasteiger partial charge in [0.2, 0.25) is 16.0 Å². The summed E-state index contributed by atoms with van der Waals surface area (Å²) in [6.45, 7) is 3.68. The van der Waals surface area contributed by atoms with Gasteiger partial charge >= 0.3 is 0 Å². The van der Waals surface area contributed by atoms with Crippen LogP contribution >= 0.6 is 0 Å². The van der Waals surface area contributed by atoms with E-state index in [1.165, 1.54) is 6.07 Å². The molecule has 6 nitrogen and oxygen atoms in total. The zero-order chi connectivity index (χ0) is 15.1. The number of para-hydroxylation sites is 1. The molecule has 0 saturated carbocycles. The van der Waals surface area contributed by atoms with Gasteiger partial charge in [0.25, 0.3) is 0 Å². The molecule has 0 aliphatic rings. The lowest BCUT2D eigenvalue weighted by Crippen LogP contribution is -2.46. The number of anilines is 1. The van der Waals surface area contributed by atoms with E-state index in [1.807, 2.05) is 0 Å². The molecule has 0 saturated heterocycles. The summed E-state index contributed by atoms with van der Waals surface area (Å²) >= 11 is 0. The summed E-state index contributed by atoms with van der Waals surface area (Å²) in [7, 11) is -3.36. The fourth-order valence-electron chi connectivity index (χ4n) is 2.23. The fourth-order valence-corrected chi connectivity index (χ4v) is 3.29. The Morgan fingerprint density at radius 3 is 2.70 bits per heavy atom. The zero-order valence-electron chi connectivity index (χ0n) is 11.5. The zero-order valence-corrected chi connectivity index (χ0v) is 12.3. The number of nitrogens with one attached hydrogen (secondary N) is 1. The number of aromatic nitrogens is 2. The Labute approximate surface area is 116 Å². The maximum absolute atomic E-state index is 13.6. The number of nitrogen functional groups attached to an aromatic ring is 1. The lowest BCUT2D eigenvalue weighted by Gasteiger charge is -2.26. The maximum Gasteiger partial charge on any atom is 0.209 e. The number of sulfonamides is 1. The van der Waals surface area contributed by atoms with Crippen LogP contribution in [0.3, 0.4) is 0 Å². The number of hydrogen-bond acceptors (Lipinski definition) is 4. The highest BCUT2D eigenvalue weighted by Gasteiger charge is 2.25. The fraction of sp³-hybridized carbons (Fsp3) is 0.417. The molecule has 0 spiro atoms. The van der Waals surface area contributed by atoms with Crippen LogP contribution in [0.4, 0.5) is 10.3 Å². The molecular formula is C12H17FN4O2S. The van der Waals surface area contributed by atoms with E-state index >= 15 is 0 Å². The molecule has 110 valence electrons. The molecule has 0 atom stereocenters. The Bertz CT molecular complexity index is 752. The lowest BCUT2D eigenvalue weighted by molar-refractivity contribution is 0.398. The first kappa shape index (κ1) is 14.7. The van der Waals surface area contributed by atoms with Gasteiger partial charge in [0.1, 0.15) is 5.52 Å². The Morgan fingerprint density at radius 2 is 2.10 bits per heavy atom. The van der Waals surface area contributed by atoms with E-state index in [9.17, 15) is 12.8 Å². The van der Waals surface area contributed by atoms with Crippen molar-refractivity contribution >= 4 is 27.0 Å². The largest absolute Gasteiger partial charge is 0.369 e. The van der Waals surface area contributed by atoms with Crippen molar-refractivity contribution in [3.8, 4) is 0 Å². The second-order valence-electron chi connectivity index (χ2n) is 5.42. The van der Waals surface area contributed by atoms with Gasteiger partial charge in [0.05, 0.1) is 11.8 Å². The summed E-state index contributed by atoms with van der Waals surface area (Å²) in [5.41, 5.74) is 5.74. The number of rotatable bonds is 4. The molecule has 0 aliphatic carbocycles. The molecule has 1 heterocycles. The molecular weight excluding hydrogens is 283 g/mol. The number of imidazole rings is 1. The Balaban J connectivity index is 2.44. The van der Waals surface area contributed by atoms with Gasteiger partial charge in [-0.1, -0.05) is 6.07 Å². The van der Waals surface area contributed by atoms with Crippen LogP contribution in [0.5, 0.6) is 0 Å². The van der Waals surface area contributed by atoms with E-state index < -0.39 is 21.4 Å². The summed E-state index contributed by atoms with van der Waals surface area (Å²) in [5.74, 6) is -0.310. The standard InChI is InChI=1S/C12H17FN4O2S/c1-12(2,16-20(3,18)19)7-17-9-6-4-5-8(13)10(9)15-11(17)14/h4-6,16H,7H2,1-3H3,(H2,14,15). The molecule has 0 radical (unpaired) electrons. The Hall–Kier alpha value is -1.67. The second-order valence-corrected chi connectivity index (χ2v) is 7.17. The van der Waals surface area contributed by atoms with Gasteiger partial charge < -0.3 is 10.3 Å². The highest BCUT2D eigenvalue weighted by molar-refractivity contribution is 7.88. The van der Waals surface area contributed by atoms with E-state index in [1.54, 1.807) is 30.5 Å². The van der Waals surface area contributed by atoms with Crippen LogP contribution in [0.1, 0.15) is 13.8 Å². The molecule has 3 N–H and O–H groups in total. The van der Waals surface area contributed by atoms with Crippen molar-refractivity contribution in [1.82, 2.24) is 14.3 Å². The number of halogens is 1. The van der Waals surface area contributed by atoms with Gasteiger partial charge in [-0.2, -0.15) is 0 Å². The van der Waals surface area contributed by atoms with Crippen LogP contribution in [-0.2, 0) is 16.6 Å². The smallest absolute Gasteiger partial charge is 0.209 e. The SMILES string of the molecule is CC(C)(Cn1c(N)nc2c(F)cccc21)NS(C)(=O)=O. The summed E-state index contributed by atoms with van der Waals surface area (Å²) < 4.78 is 40.5. The summed E-state index contributed by atoms with van der Waals surface area (Å²) in [5, 5.41) is 0. The van der Waals surface area contributed by atoms with Crippen molar-refractivity contribution in [2.45, 2.75) is 25.9 Å². The first-order valence-electron chi connectivity index (χ1n) is 5.98. The molecule has 2 rings (SSSR count). The maximum atomic E-state index is 13.6. The summed E-state index contributed by atoms with van der Waals surface area (Å²) in [6, 6.07) is 4.56. The third kappa shape index (κ3) is 3.07. The monoisotopic (exact) mass is 300 g/mol. The second kappa shape index (κ2) is 4.71.